The Morgan fingerprint density at radius 1 is 1.55 bits per heavy atom. The maximum atomic E-state index is 10.0. The Balaban J connectivity index is 2.52. The van der Waals surface area contributed by atoms with Gasteiger partial charge in [0.05, 0.1) is 0 Å². The smallest absolute Gasteiger partial charge is 0.293 e. The van der Waals surface area contributed by atoms with Gasteiger partial charge in [-0.05, 0) is 0 Å². The van der Waals surface area contributed by atoms with E-state index in [0.717, 1.165) is 0 Å². The lowest BCUT2D eigenvalue weighted by Crippen LogP contribution is -1.98. The van der Waals surface area contributed by atoms with Gasteiger partial charge in [0.25, 0.3) is 6.47 Å². The van der Waals surface area contributed by atoms with Crippen LogP contribution in [0.2, 0.25) is 0 Å². The van der Waals surface area contributed by atoms with Crippen LogP contribution in [-0.4, -0.2) is 12.6 Å². The Labute approximate surface area is 71.2 Å². The molecule has 0 aliphatic heterocycles. The van der Waals surface area contributed by atoms with Gasteiger partial charge in [-0.2, -0.15) is 0 Å². The number of rotatable bonds is 3. The summed E-state index contributed by atoms with van der Waals surface area (Å²) in [6, 6.07) is 0. The summed E-state index contributed by atoms with van der Waals surface area (Å²) in [6.07, 6.45) is 1.87. The molecule has 0 bridgehead atoms. The molecule has 0 N–H and O–H groups in total. The molecule has 0 saturated heterocycles. The third-order valence-corrected chi connectivity index (χ3v) is 2.44. The van der Waals surface area contributed by atoms with Crippen LogP contribution in [0, 0.1) is 11.3 Å². The zero-order chi connectivity index (χ0) is 8.48. The zero-order valence-corrected chi connectivity index (χ0v) is 7.34. The van der Waals surface area contributed by atoms with Crippen molar-refractivity contribution in [3.05, 3.63) is 11.6 Å². The summed E-state index contributed by atoms with van der Waals surface area (Å²) >= 11 is 5.40. The average Bonchev–Trinajstić information content (AvgIpc) is 2.41. The van der Waals surface area contributed by atoms with Crippen molar-refractivity contribution >= 4 is 18.1 Å². The molecule has 3 heteroatoms. The van der Waals surface area contributed by atoms with Crippen molar-refractivity contribution in [2.24, 2.45) is 11.3 Å². The molecule has 0 aromatic rings. The van der Waals surface area contributed by atoms with Crippen LogP contribution in [0.5, 0.6) is 0 Å². The number of hydrogen-bond donors (Lipinski definition) is 0. The minimum atomic E-state index is 0.00926. The molecule has 0 spiro atoms. The van der Waals surface area contributed by atoms with Crippen LogP contribution in [0.1, 0.15) is 13.8 Å². The van der Waals surface area contributed by atoms with Crippen LogP contribution >= 0.6 is 11.6 Å². The van der Waals surface area contributed by atoms with Crippen molar-refractivity contribution in [3.63, 3.8) is 0 Å². The van der Waals surface area contributed by atoms with E-state index in [-0.39, 0.29) is 17.4 Å². The van der Waals surface area contributed by atoms with E-state index >= 15 is 0 Å². The largest absolute Gasteiger partial charge is 0.463 e. The number of ether oxygens (including phenoxy) is 1. The van der Waals surface area contributed by atoms with Crippen molar-refractivity contribution < 1.29 is 9.53 Å². The monoisotopic (exact) mass is 174 g/mol. The van der Waals surface area contributed by atoms with Gasteiger partial charge in [-0.15, -0.1) is 0 Å². The van der Waals surface area contributed by atoms with Gasteiger partial charge < -0.3 is 4.74 Å². The highest BCUT2D eigenvalue weighted by Gasteiger charge is 2.58. The van der Waals surface area contributed by atoms with Gasteiger partial charge >= 0.3 is 0 Å². The highest BCUT2D eigenvalue weighted by molar-refractivity contribution is 6.25. The third kappa shape index (κ3) is 1.41. The molecular weight excluding hydrogens is 164 g/mol. The minimum absolute atomic E-state index is 0.00926. The third-order valence-electron chi connectivity index (χ3n) is 2.29. The van der Waals surface area contributed by atoms with Gasteiger partial charge in [-0.25, -0.2) is 0 Å². The van der Waals surface area contributed by atoms with Crippen molar-refractivity contribution in [3.8, 4) is 0 Å². The first kappa shape index (κ1) is 8.60. The van der Waals surface area contributed by atoms with Gasteiger partial charge in [-0.3, -0.25) is 4.79 Å². The Morgan fingerprint density at radius 2 is 2.18 bits per heavy atom. The van der Waals surface area contributed by atoms with Gasteiger partial charge in [0, 0.05) is 16.9 Å². The summed E-state index contributed by atoms with van der Waals surface area (Å²) < 4.78 is 4.84. The second-order valence-corrected chi connectivity index (χ2v) is 3.57. The molecule has 2 nitrogen and oxygen atoms in total. The fraction of sp³-hybridized carbons (Fsp3) is 0.625. The first-order valence-corrected chi connectivity index (χ1v) is 3.94. The highest BCUT2D eigenvalue weighted by Crippen LogP contribution is 2.54. The van der Waals surface area contributed by atoms with Crippen LogP contribution in [0.4, 0.5) is 0 Å². The van der Waals surface area contributed by atoms with Crippen LogP contribution in [0.15, 0.2) is 11.6 Å². The average molecular weight is 175 g/mol. The second-order valence-electron chi connectivity index (χ2n) is 3.32. The normalized spacial score (nSPS) is 33.7. The summed E-state index contributed by atoms with van der Waals surface area (Å²) in [5.41, 5.74) is 1.53. The number of carbonyl (C=O) groups is 1. The van der Waals surface area contributed by atoms with E-state index in [1.54, 1.807) is 0 Å². The molecule has 11 heavy (non-hydrogen) atoms. The molecule has 0 aromatic carbocycles. The summed E-state index contributed by atoms with van der Waals surface area (Å²) in [5, 5.41) is 0. The fourth-order valence-electron chi connectivity index (χ4n) is 1.38. The van der Waals surface area contributed by atoms with Crippen molar-refractivity contribution in [2.45, 2.75) is 20.0 Å². The van der Waals surface area contributed by atoms with E-state index in [9.17, 15) is 4.79 Å². The molecular formula is C8H11ClO2. The quantitative estimate of drug-likeness (QED) is 0.612. The van der Waals surface area contributed by atoms with E-state index < -0.39 is 0 Å². The van der Waals surface area contributed by atoms with Crippen LogP contribution in [0.3, 0.4) is 0 Å². The second kappa shape index (κ2) is 2.86. The van der Waals surface area contributed by atoms with Crippen LogP contribution < -0.4 is 0 Å². The van der Waals surface area contributed by atoms with Gasteiger partial charge in [0.1, 0.15) is 6.10 Å². The number of hydrogen-bond acceptors (Lipinski definition) is 2. The first-order valence-electron chi connectivity index (χ1n) is 3.50. The lowest BCUT2D eigenvalue weighted by atomic mass is 10.1. The summed E-state index contributed by atoms with van der Waals surface area (Å²) in [4.78, 5) is 10.0. The van der Waals surface area contributed by atoms with Crippen LogP contribution in [-0.2, 0) is 9.53 Å². The predicted octanol–water partition coefficient (Wildman–Crippen LogP) is 1.94. The van der Waals surface area contributed by atoms with Crippen molar-refractivity contribution in [1.82, 2.24) is 0 Å². The lowest BCUT2D eigenvalue weighted by molar-refractivity contribution is -0.130. The molecule has 0 amide bonds. The Hall–Kier alpha value is -0.500. The standard InChI is InChI=1S/C8H11ClO2/c1-8(2)6(3-4-9)7(8)11-5-10/h3-7H,1-2H3/b4-3+. The maximum Gasteiger partial charge on any atom is 0.293 e. The molecule has 1 saturated carbocycles. The fourth-order valence-corrected chi connectivity index (χ4v) is 1.53. The molecule has 0 aromatic heterocycles. The maximum absolute atomic E-state index is 10.0. The number of carbonyl (C=O) groups excluding carboxylic acids is 1. The molecule has 1 fully saturated rings. The Morgan fingerprint density at radius 3 is 2.64 bits per heavy atom. The van der Waals surface area contributed by atoms with Crippen LogP contribution in [0.25, 0.3) is 0 Å². The molecule has 2 atom stereocenters. The Bertz CT molecular complexity index is 187. The van der Waals surface area contributed by atoms with Crippen molar-refractivity contribution in [2.75, 3.05) is 0 Å². The first-order chi connectivity index (χ1) is 5.14. The molecule has 1 rings (SSSR count). The summed E-state index contributed by atoms with van der Waals surface area (Å²) in [6.45, 7) is 4.58. The summed E-state index contributed by atoms with van der Waals surface area (Å²) in [5.74, 6) is 0.283. The molecule has 62 valence electrons. The molecule has 0 heterocycles. The van der Waals surface area contributed by atoms with E-state index in [0.29, 0.717) is 6.47 Å². The van der Waals surface area contributed by atoms with Gasteiger partial charge in [0.15, 0.2) is 0 Å². The topological polar surface area (TPSA) is 26.3 Å². The zero-order valence-electron chi connectivity index (χ0n) is 6.58. The minimum Gasteiger partial charge on any atom is -0.463 e. The van der Waals surface area contributed by atoms with E-state index in [4.69, 9.17) is 16.3 Å². The SMILES string of the molecule is CC1(C)C(/C=C/Cl)C1OC=O. The number of halogens is 1. The Kier molecular flexibility index (Phi) is 2.23. The van der Waals surface area contributed by atoms with Gasteiger partial charge in [0.2, 0.25) is 0 Å². The van der Waals surface area contributed by atoms with E-state index in [1.165, 1.54) is 5.54 Å². The van der Waals surface area contributed by atoms with Crippen molar-refractivity contribution in [1.29, 1.82) is 0 Å². The predicted molar refractivity (Wildman–Crippen MR) is 43.2 cm³/mol. The van der Waals surface area contributed by atoms with E-state index in [1.807, 2.05) is 19.9 Å². The van der Waals surface area contributed by atoms with E-state index in [2.05, 4.69) is 0 Å². The molecule has 1 aliphatic rings. The highest BCUT2D eigenvalue weighted by atomic mass is 35.5. The van der Waals surface area contributed by atoms with Gasteiger partial charge in [-0.1, -0.05) is 31.5 Å². The molecule has 0 radical (unpaired) electrons. The lowest BCUT2D eigenvalue weighted by Gasteiger charge is -1.97. The molecule has 2 unspecified atom stereocenters. The summed E-state index contributed by atoms with van der Waals surface area (Å²) in [7, 11) is 0. The molecule has 1 aliphatic carbocycles.